The fourth-order valence-electron chi connectivity index (χ4n) is 9.92. The molecule has 0 aromatic rings. The summed E-state index contributed by atoms with van der Waals surface area (Å²) < 4.78 is 0. The smallest absolute Gasteiger partial charge is 0.0591 e. The van der Waals surface area contributed by atoms with E-state index in [9.17, 15) is 5.11 Å². The minimum Gasteiger partial charge on any atom is -0.390 e. The van der Waals surface area contributed by atoms with Gasteiger partial charge in [-0.05, 0) is 136 Å². The molecular formula is C30H52O. The molecule has 10 atom stereocenters. The standard InChI is InChI=1S/C30H52O/c1-8-22(10-9-17-28(4,5)31)25-13-14-26-23-11-12-24-21(3)20(2)15-18-29(24,6)27(23)16-19-30(25,26)7/h8,20-27,31H,1,9-19H2,2-7H3/t20-,21-,22+,23-,24-,25+,26-,27-,29-,30+/m0/s1. The maximum Gasteiger partial charge on any atom is 0.0591 e. The highest BCUT2D eigenvalue weighted by molar-refractivity contribution is 5.11. The van der Waals surface area contributed by atoms with Crippen molar-refractivity contribution >= 4 is 0 Å². The summed E-state index contributed by atoms with van der Waals surface area (Å²) in [6, 6.07) is 0. The predicted octanol–water partition coefficient (Wildman–Crippen LogP) is 8.27. The molecule has 4 aliphatic rings. The van der Waals surface area contributed by atoms with Gasteiger partial charge in [0.05, 0.1) is 5.60 Å². The van der Waals surface area contributed by atoms with Crippen LogP contribution >= 0.6 is 0 Å². The quantitative estimate of drug-likeness (QED) is 0.422. The summed E-state index contributed by atoms with van der Waals surface area (Å²) in [6.07, 6.45) is 17.3. The Morgan fingerprint density at radius 2 is 1.58 bits per heavy atom. The lowest BCUT2D eigenvalue weighted by atomic mass is 9.42. The zero-order valence-corrected chi connectivity index (χ0v) is 21.6. The van der Waals surface area contributed by atoms with Crippen LogP contribution in [0.3, 0.4) is 0 Å². The van der Waals surface area contributed by atoms with Crippen molar-refractivity contribution in [3.63, 3.8) is 0 Å². The van der Waals surface area contributed by atoms with Crippen molar-refractivity contribution in [2.45, 2.75) is 118 Å². The first-order valence-corrected chi connectivity index (χ1v) is 13.9. The van der Waals surface area contributed by atoms with Gasteiger partial charge in [-0.2, -0.15) is 0 Å². The SMILES string of the molecule is C=C[C@H](CCCC(C)(C)O)[C@H]1CC[C@H]2[C@@H]3CC[C@H]4[C@@H](C)[C@@H](C)CC[C@]4(C)[C@H]3CC[C@]12C. The van der Waals surface area contributed by atoms with Gasteiger partial charge in [-0.25, -0.2) is 0 Å². The highest BCUT2D eigenvalue weighted by Crippen LogP contribution is 2.69. The van der Waals surface area contributed by atoms with Crippen molar-refractivity contribution in [3.8, 4) is 0 Å². The molecule has 1 nitrogen and oxygen atoms in total. The third kappa shape index (κ3) is 4.08. The molecule has 178 valence electrons. The molecule has 0 bridgehead atoms. The average molecular weight is 429 g/mol. The Kier molecular flexibility index (Phi) is 6.53. The summed E-state index contributed by atoms with van der Waals surface area (Å²) >= 11 is 0. The van der Waals surface area contributed by atoms with E-state index in [1.807, 2.05) is 13.8 Å². The maximum atomic E-state index is 10.2. The molecule has 0 aliphatic heterocycles. The van der Waals surface area contributed by atoms with E-state index < -0.39 is 5.60 Å². The third-order valence-corrected chi connectivity index (χ3v) is 11.8. The van der Waals surface area contributed by atoms with Gasteiger partial charge in [0.2, 0.25) is 0 Å². The number of hydrogen-bond acceptors (Lipinski definition) is 1. The maximum absolute atomic E-state index is 10.2. The van der Waals surface area contributed by atoms with Crippen molar-refractivity contribution in [2.24, 2.45) is 58.2 Å². The van der Waals surface area contributed by atoms with Crippen molar-refractivity contribution in [1.82, 2.24) is 0 Å². The highest BCUT2D eigenvalue weighted by atomic mass is 16.3. The Morgan fingerprint density at radius 1 is 0.935 bits per heavy atom. The summed E-state index contributed by atoms with van der Waals surface area (Å²) in [6.45, 7) is 18.7. The van der Waals surface area contributed by atoms with Gasteiger partial charge < -0.3 is 5.11 Å². The first-order valence-electron chi connectivity index (χ1n) is 13.9. The fraction of sp³-hybridized carbons (Fsp3) is 0.933. The van der Waals surface area contributed by atoms with E-state index in [0.29, 0.717) is 16.7 Å². The molecule has 0 heterocycles. The van der Waals surface area contributed by atoms with E-state index in [2.05, 4.69) is 40.3 Å². The summed E-state index contributed by atoms with van der Waals surface area (Å²) in [5, 5.41) is 10.2. The molecule has 0 aromatic heterocycles. The zero-order chi connectivity index (χ0) is 22.6. The molecule has 4 saturated carbocycles. The lowest BCUT2D eigenvalue weighted by Gasteiger charge is -2.62. The molecule has 0 radical (unpaired) electrons. The van der Waals surface area contributed by atoms with Crippen LogP contribution in [0.2, 0.25) is 0 Å². The Labute approximate surface area is 193 Å². The van der Waals surface area contributed by atoms with Crippen molar-refractivity contribution < 1.29 is 5.11 Å². The lowest BCUT2D eigenvalue weighted by Crippen LogP contribution is -2.55. The van der Waals surface area contributed by atoms with Crippen molar-refractivity contribution in [3.05, 3.63) is 12.7 Å². The van der Waals surface area contributed by atoms with Gasteiger partial charge in [-0.3, -0.25) is 0 Å². The van der Waals surface area contributed by atoms with Crippen LogP contribution in [-0.4, -0.2) is 10.7 Å². The van der Waals surface area contributed by atoms with Crippen molar-refractivity contribution in [2.75, 3.05) is 0 Å². The molecule has 0 saturated heterocycles. The highest BCUT2D eigenvalue weighted by Gasteiger charge is 2.61. The Balaban J connectivity index is 1.49. The largest absolute Gasteiger partial charge is 0.390 e. The predicted molar refractivity (Wildman–Crippen MR) is 133 cm³/mol. The van der Waals surface area contributed by atoms with Crippen LogP contribution in [0.15, 0.2) is 12.7 Å². The number of fused-ring (bicyclic) bond motifs is 5. The van der Waals surface area contributed by atoms with Gasteiger partial charge in [0.25, 0.3) is 0 Å². The Bertz CT molecular complexity index is 645. The van der Waals surface area contributed by atoms with Gasteiger partial charge in [0.1, 0.15) is 0 Å². The summed E-state index contributed by atoms with van der Waals surface area (Å²) in [4.78, 5) is 0. The monoisotopic (exact) mass is 428 g/mol. The van der Waals surface area contributed by atoms with Crippen molar-refractivity contribution in [1.29, 1.82) is 0 Å². The van der Waals surface area contributed by atoms with E-state index in [1.54, 1.807) is 0 Å². The molecular weight excluding hydrogens is 376 g/mol. The minimum absolute atomic E-state index is 0.519. The summed E-state index contributed by atoms with van der Waals surface area (Å²) in [5.74, 6) is 7.18. The Hall–Kier alpha value is -0.300. The van der Waals surface area contributed by atoms with Gasteiger partial charge in [0.15, 0.2) is 0 Å². The van der Waals surface area contributed by atoms with Crippen LogP contribution in [0.1, 0.15) is 112 Å². The average Bonchev–Trinajstić information content (AvgIpc) is 3.05. The lowest BCUT2D eigenvalue weighted by molar-refractivity contribution is -0.135. The van der Waals surface area contributed by atoms with Crippen LogP contribution in [0.4, 0.5) is 0 Å². The molecule has 0 spiro atoms. The second-order valence-corrected chi connectivity index (χ2v) is 13.8. The fourth-order valence-corrected chi connectivity index (χ4v) is 9.92. The van der Waals surface area contributed by atoms with E-state index in [4.69, 9.17) is 0 Å². The second kappa shape index (κ2) is 8.48. The van der Waals surface area contributed by atoms with Gasteiger partial charge in [0, 0.05) is 0 Å². The number of allylic oxidation sites excluding steroid dienone is 1. The molecule has 1 heteroatoms. The third-order valence-electron chi connectivity index (χ3n) is 11.8. The number of rotatable bonds is 6. The van der Waals surface area contributed by atoms with Crippen LogP contribution in [0.5, 0.6) is 0 Å². The topological polar surface area (TPSA) is 20.2 Å². The van der Waals surface area contributed by atoms with Crippen LogP contribution in [-0.2, 0) is 0 Å². The van der Waals surface area contributed by atoms with Gasteiger partial charge in [-0.15, -0.1) is 6.58 Å². The molecule has 4 aliphatic carbocycles. The first-order chi connectivity index (χ1) is 14.5. The van der Waals surface area contributed by atoms with Crippen LogP contribution < -0.4 is 0 Å². The first kappa shape index (κ1) is 23.8. The molecule has 0 amide bonds. The van der Waals surface area contributed by atoms with E-state index in [-0.39, 0.29) is 0 Å². The molecule has 31 heavy (non-hydrogen) atoms. The van der Waals surface area contributed by atoms with Crippen LogP contribution in [0, 0.1) is 58.2 Å². The molecule has 4 rings (SSSR count). The summed E-state index contributed by atoms with van der Waals surface area (Å²) in [5.41, 5.74) is 0.596. The molecule has 0 unspecified atom stereocenters. The van der Waals surface area contributed by atoms with Crippen LogP contribution in [0.25, 0.3) is 0 Å². The van der Waals surface area contributed by atoms with Gasteiger partial charge in [-0.1, -0.05) is 40.2 Å². The minimum atomic E-state index is -0.533. The number of aliphatic hydroxyl groups is 1. The molecule has 4 fully saturated rings. The molecule has 1 N–H and O–H groups in total. The van der Waals surface area contributed by atoms with E-state index in [0.717, 1.165) is 54.3 Å². The van der Waals surface area contributed by atoms with E-state index in [1.165, 1.54) is 57.8 Å². The molecule has 0 aromatic carbocycles. The Morgan fingerprint density at radius 3 is 2.26 bits per heavy atom. The van der Waals surface area contributed by atoms with Gasteiger partial charge >= 0.3 is 0 Å². The summed E-state index contributed by atoms with van der Waals surface area (Å²) in [7, 11) is 0. The van der Waals surface area contributed by atoms with E-state index >= 15 is 0 Å². The normalized spacial score (nSPS) is 48.4. The number of hydrogen-bond donors (Lipinski definition) is 1. The zero-order valence-electron chi connectivity index (χ0n) is 21.6. The second-order valence-electron chi connectivity index (χ2n) is 13.8.